The second-order valence-electron chi connectivity index (χ2n) is 4.75. The maximum absolute atomic E-state index is 12.2. The molecule has 5 heteroatoms. The van der Waals surface area contributed by atoms with Crippen LogP contribution in [0.1, 0.15) is 21.5 Å². The minimum absolute atomic E-state index is 0.140. The Morgan fingerprint density at radius 2 is 2.05 bits per heavy atom. The van der Waals surface area contributed by atoms with Gasteiger partial charge in [-0.25, -0.2) is 0 Å². The number of benzene rings is 2. The topological polar surface area (TPSA) is 84.6 Å². The van der Waals surface area contributed by atoms with Gasteiger partial charge in [0, 0.05) is 23.4 Å². The van der Waals surface area contributed by atoms with E-state index < -0.39 is 0 Å². The van der Waals surface area contributed by atoms with Crippen molar-refractivity contribution < 1.29 is 14.6 Å². The highest BCUT2D eigenvalue weighted by atomic mass is 16.5. The molecule has 0 aliphatic rings. The van der Waals surface area contributed by atoms with Crippen LogP contribution in [0.4, 0.5) is 5.69 Å². The molecule has 2 rings (SSSR count). The summed E-state index contributed by atoms with van der Waals surface area (Å²) in [6.45, 7) is 2.09. The second-order valence-corrected chi connectivity index (χ2v) is 4.75. The molecular weight excluding hydrogens is 268 g/mol. The number of hydrogen-bond donors (Lipinski definition) is 3. The lowest BCUT2D eigenvalue weighted by Gasteiger charge is -2.11. The molecule has 21 heavy (non-hydrogen) atoms. The second kappa shape index (κ2) is 6.17. The van der Waals surface area contributed by atoms with E-state index >= 15 is 0 Å². The van der Waals surface area contributed by atoms with Crippen molar-refractivity contribution in [1.82, 2.24) is 5.32 Å². The van der Waals surface area contributed by atoms with Gasteiger partial charge in [0.1, 0.15) is 11.5 Å². The lowest BCUT2D eigenvalue weighted by atomic mass is 10.1. The van der Waals surface area contributed by atoms with Crippen molar-refractivity contribution in [1.29, 1.82) is 0 Å². The van der Waals surface area contributed by atoms with Crippen molar-refractivity contribution in [3.05, 3.63) is 53.1 Å². The standard InChI is InChI=1S/C16H18N2O3/c1-10-7-13(19)4-5-14(10)16(20)18-9-11-8-12(17)3-6-15(11)21-2/h3-8,19H,9,17H2,1-2H3,(H,18,20). The van der Waals surface area contributed by atoms with Crippen molar-refractivity contribution in [3.8, 4) is 11.5 Å². The molecule has 0 aromatic heterocycles. The fourth-order valence-electron chi connectivity index (χ4n) is 2.11. The lowest BCUT2D eigenvalue weighted by Crippen LogP contribution is -2.23. The van der Waals surface area contributed by atoms with E-state index in [1.165, 1.54) is 6.07 Å². The van der Waals surface area contributed by atoms with Crippen molar-refractivity contribution in [2.45, 2.75) is 13.5 Å². The number of aromatic hydroxyl groups is 1. The third-order valence-corrected chi connectivity index (χ3v) is 3.20. The lowest BCUT2D eigenvalue weighted by molar-refractivity contribution is 0.0950. The van der Waals surface area contributed by atoms with Crippen LogP contribution in [-0.2, 0) is 6.54 Å². The third kappa shape index (κ3) is 3.45. The number of anilines is 1. The number of carbonyl (C=O) groups is 1. The molecule has 5 nitrogen and oxygen atoms in total. The Labute approximate surface area is 123 Å². The summed E-state index contributed by atoms with van der Waals surface area (Å²) in [4.78, 5) is 12.2. The van der Waals surface area contributed by atoms with Crippen LogP contribution in [0.3, 0.4) is 0 Å². The van der Waals surface area contributed by atoms with E-state index in [9.17, 15) is 9.90 Å². The Hall–Kier alpha value is -2.69. The Morgan fingerprint density at radius 1 is 1.29 bits per heavy atom. The van der Waals surface area contributed by atoms with Gasteiger partial charge in [-0.1, -0.05) is 0 Å². The van der Waals surface area contributed by atoms with Crippen LogP contribution in [0, 0.1) is 6.92 Å². The smallest absolute Gasteiger partial charge is 0.251 e. The van der Waals surface area contributed by atoms with Crippen LogP contribution in [-0.4, -0.2) is 18.1 Å². The number of nitrogens with two attached hydrogens (primary N) is 1. The quantitative estimate of drug-likeness (QED) is 0.752. The molecule has 0 saturated heterocycles. The first-order chi connectivity index (χ1) is 10.0. The summed E-state index contributed by atoms with van der Waals surface area (Å²) >= 11 is 0. The molecule has 0 spiro atoms. The molecule has 2 aromatic carbocycles. The zero-order valence-electron chi connectivity index (χ0n) is 12.0. The van der Waals surface area contributed by atoms with Gasteiger partial charge in [0.15, 0.2) is 0 Å². The number of rotatable bonds is 4. The number of methoxy groups -OCH3 is 1. The number of nitrogens with one attached hydrogen (secondary N) is 1. The van der Waals surface area contributed by atoms with Crippen LogP contribution in [0.2, 0.25) is 0 Å². The third-order valence-electron chi connectivity index (χ3n) is 3.20. The van der Waals surface area contributed by atoms with E-state index in [4.69, 9.17) is 10.5 Å². The zero-order chi connectivity index (χ0) is 15.4. The first-order valence-corrected chi connectivity index (χ1v) is 6.51. The van der Waals surface area contributed by atoms with E-state index in [0.29, 0.717) is 29.1 Å². The zero-order valence-corrected chi connectivity index (χ0v) is 12.0. The van der Waals surface area contributed by atoms with Gasteiger partial charge in [0.2, 0.25) is 0 Å². The molecule has 0 fully saturated rings. The number of ether oxygens (including phenoxy) is 1. The van der Waals surface area contributed by atoms with E-state index in [1.54, 1.807) is 44.4 Å². The summed E-state index contributed by atoms with van der Waals surface area (Å²) < 4.78 is 5.24. The number of carbonyl (C=O) groups excluding carboxylic acids is 1. The number of hydrogen-bond acceptors (Lipinski definition) is 4. The van der Waals surface area contributed by atoms with Crippen molar-refractivity contribution >= 4 is 11.6 Å². The number of amides is 1. The highest BCUT2D eigenvalue weighted by Crippen LogP contribution is 2.21. The maximum atomic E-state index is 12.2. The van der Waals surface area contributed by atoms with Gasteiger partial charge >= 0.3 is 0 Å². The first kappa shape index (κ1) is 14.7. The van der Waals surface area contributed by atoms with Gasteiger partial charge < -0.3 is 20.9 Å². The summed E-state index contributed by atoms with van der Waals surface area (Å²) in [5, 5.41) is 12.2. The number of phenols is 1. The highest BCUT2D eigenvalue weighted by Gasteiger charge is 2.11. The van der Waals surface area contributed by atoms with Gasteiger partial charge in [-0.3, -0.25) is 4.79 Å². The van der Waals surface area contributed by atoms with Gasteiger partial charge in [-0.2, -0.15) is 0 Å². The molecule has 0 heterocycles. The van der Waals surface area contributed by atoms with Crippen LogP contribution in [0.25, 0.3) is 0 Å². The largest absolute Gasteiger partial charge is 0.508 e. The van der Waals surface area contributed by atoms with Gasteiger partial charge in [0.05, 0.1) is 7.11 Å². The predicted octanol–water partition coefficient (Wildman–Crippen LogP) is 2.22. The molecule has 4 N–H and O–H groups in total. The SMILES string of the molecule is COc1ccc(N)cc1CNC(=O)c1ccc(O)cc1C. The molecular formula is C16H18N2O3. The minimum atomic E-state index is -0.211. The fourth-order valence-corrected chi connectivity index (χ4v) is 2.11. The van der Waals surface area contributed by atoms with E-state index in [-0.39, 0.29) is 11.7 Å². The summed E-state index contributed by atoms with van der Waals surface area (Å²) in [5.41, 5.74) is 8.40. The molecule has 2 aromatic rings. The summed E-state index contributed by atoms with van der Waals surface area (Å²) in [6.07, 6.45) is 0. The molecule has 0 saturated carbocycles. The molecule has 0 aliphatic heterocycles. The van der Waals surface area contributed by atoms with Gasteiger partial charge in [0.25, 0.3) is 5.91 Å². The van der Waals surface area contributed by atoms with Crippen molar-refractivity contribution in [2.75, 3.05) is 12.8 Å². The molecule has 110 valence electrons. The van der Waals surface area contributed by atoms with Gasteiger partial charge in [-0.15, -0.1) is 0 Å². The fraction of sp³-hybridized carbons (Fsp3) is 0.188. The predicted molar refractivity (Wildman–Crippen MR) is 81.4 cm³/mol. The number of nitrogen functional groups attached to an aromatic ring is 1. The maximum Gasteiger partial charge on any atom is 0.251 e. The first-order valence-electron chi connectivity index (χ1n) is 6.51. The van der Waals surface area contributed by atoms with Crippen molar-refractivity contribution in [2.24, 2.45) is 0 Å². The van der Waals surface area contributed by atoms with Crippen LogP contribution in [0.5, 0.6) is 11.5 Å². The summed E-state index contributed by atoms with van der Waals surface area (Å²) in [6, 6.07) is 9.91. The Morgan fingerprint density at radius 3 is 2.71 bits per heavy atom. The average molecular weight is 286 g/mol. The van der Waals surface area contributed by atoms with E-state index in [0.717, 1.165) is 5.56 Å². The molecule has 0 unspecified atom stereocenters. The Kier molecular flexibility index (Phi) is 4.33. The monoisotopic (exact) mass is 286 g/mol. The molecule has 0 radical (unpaired) electrons. The minimum Gasteiger partial charge on any atom is -0.508 e. The summed E-state index contributed by atoms with van der Waals surface area (Å²) in [7, 11) is 1.57. The normalized spacial score (nSPS) is 10.2. The van der Waals surface area contributed by atoms with Crippen molar-refractivity contribution in [3.63, 3.8) is 0 Å². The summed E-state index contributed by atoms with van der Waals surface area (Å²) in [5.74, 6) is 0.602. The molecule has 0 bridgehead atoms. The molecule has 0 atom stereocenters. The van der Waals surface area contributed by atoms with Crippen LogP contribution < -0.4 is 15.8 Å². The van der Waals surface area contributed by atoms with E-state index in [2.05, 4.69) is 5.32 Å². The number of phenolic OH excluding ortho intramolecular Hbond substituents is 1. The molecule has 0 aliphatic carbocycles. The Balaban J connectivity index is 2.12. The molecule has 1 amide bonds. The van der Waals surface area contributed by atoms with Crippen LogP contribution in [0.15, 0.2) is 36.4 Å². The average Bonchev–Trinajstić information content (AvgIpc) is 2.45. The highest BCUT2D eigenvalue weighted by molar-refractivity contribution is 5.95. The van der Waals surface area contributed by atoms with Crippen LogP contribution >= 0.6 is 0 Å². The number of aryl methyl sites for hydroxylation is 1. The Bertz CT molecular complexity index is 669. The van der Waals surface area contributed by atoms with Gasteiger partial charge in [-0.05, 0) is 48.9 Å². The van der Waals surface area contributed by atoms with E-state index in [1.807, 2.05) is 0 Å².